The molecule has 1 heterocycles. The SMILES string of the molecule is CC(C)CC(=O)N1CC(N)CC1COc1ccc(C(=O)O)cc1. The second-order valence-electron chi connectivity index (χ2n) is 6.43. The van der Waals surface area contributed by atoms with Crippen LogP contribution >= 0.6 is 0 Å². The average molecular weight is 320 g/mol. The first-order chi connectivity index (χ1) is 10.9. The molecule has 1 amide bonds. The summed E-state index contributed by atoms with van der Waals surface area (Å²) in [6, 6.07) is 6.20. The van der Waals surface area contributed by atoms with Crippen molar-refractivity contribution in [2.45, 2.75) is 38.8 Å². The van der Waals surface area contributed by atoms with E-state index < -0.39 is 5.97 Å². The molecule has 0 radical (unpaired) electrons. The first kappa shape index (κ1) is 17.3. The summed E-state index contributed by atoms with van der Waals surface area (Å²) in [5.74, 6) is 0.0442. The van der Waals surface area contributed by atoms with Crippen LogP contribution in [0, 0.1) is 5.92 Å². The van der Waals surface area contributed by atoms with Gasteiger partial charge in [0, 0.05) is 19.0 Å². The number of nitrogens with two attached hydrogens (primary N) is 1. The van der Waals surface area contributed by atoms with E-state index >= 15 is 0 Å². The highest BCUT2D eigenvalue weighted by molar-refractivity contribution is 5.87. The van der Waals surface area contributed by atoms with E-state index in [1.54, 1.807) is 12.1 Å². The number of hydrogen-bond acceptors (Lipinski definition) is 4. The van der Waals surface area contributed by atoms with E-state index in [0.717, 1.165) is 6.42 Å². The molecule has 0 saturated carbocycles. The molecule has 6 heteroatoms. The summed E-state index contributed by atoms with van der Waals surface area (Å²) in [7, 11) is 0. The molecule has 2 atom stereocenters. The van der Waals surface area contributed by atoms with Gasteiger partial charge in [-0.15, -0.1) is 0 Å². The number of ether oxygens (including phenoxy) is 1. The largest absolute Gasteiger partial charge is 0.491 e. The fraction of sp³-hybridized carbons (Fsp3) is 0.529. The number of carboxylic acids is 1. The van der Waals surface area contributed by atoms with Crippen LogP contribution in [0.4, 0.5) is 0 Å². The van der Waals surface area contributed by atoms with Crippen LogP contribution in [0.5, 0.6) is 5.75 Å². The Morgan fingerprint density at radius 2 is 2.00 bits per heavy atom. The van der Waals surface area contributed by atoms with E-state index in [4.69, 9.17) is 15.6 Å². The molecule has 1 aromatic carbocycles. The molecule has 2 rings (SSSR count). The van der Waals surface area contributed by atoms with Crippen LogP contribution in [0.15, 0.2) is 24.3 Å². The first-order valence-electron chi connectivity index (χ1n) is 7.88. The molecule has 3 N–H and O–H groups in total. The highest BCUT2D eigenvalue weighted by Crippen LogP contribution is 2.21. The summed E-state index contributed by atoms with van der Waals surface area (Å²) in [6.45, 7) is 4.97. The minimum Gasteiger partial charge on any atom is -0.491 e. The summed E-state index contributed by atoms with van der Waals surface area (Å²) in [5, 5.41) is 8.88. The van der Waals surface area contributed by atoms with E-state index in [0.29, 0.717) is 31.2 Å². The Morgan fingerprint density at radius 3 is 2.57 bits per heavy atom. The quantitative estimate of drug-likeness (QED) is 0.833. The van der Waals surface area contributed by atoms with Crippen molar-refractivity contribution in [2.24, 2.45) is 11.7 Å². The van der Waals surface area contributed by atoms with Crippen LogP contribution < -0.4 is 10.5 Å². The lowest BCUT2D eigenvalue weighted by Crippen LogP contribution is -2.40. The molecule has 1 aliphatic rings. The molecule has 126 valence electrons. The van der Waals surface area contributed by atoms with E-state index in [1.807, 2.05) is 18.7 Å². The third-order valence-corrected chi connectivity index (χ3v) is 3.89. The fourth-order valence-electron chi connectivity index (χ4n) is 2.77. The van der Waals surface area contributed by atoms with Gasteiger partial charge in [-0.3, -0.25) is 4.79 Å². The van der Waals surface area contributed by atoms with Gasteiger partial charge in [0.25, 0.3) is 0 Å². The maximum Gasteiger partial charge on any atom is 0.335 e. The Morgan fingerprint density at radius 1 is 1.35 bits per heavy atom. The zero-order valence-corrected chi connectivity index (χ0v) is 13.6. The van der Waals surface area contributed by atoms with Crippen LogP contribution in [0.1, 0.15) is 37.0 Å². The van der Waals surface area contributed by atoms with Crippen molar-refractivity contribution < 1.29 is 19.4 Å². The van der Waals surface area contributed by atoms with E-state index in [1.165, 1.54) is 12.1 Å². The standard InChI is InChI=1S/C17H24N2O4/c1-11(2)7-16(20)19-9-13(18)8-14(19)10-23-15-5-3-12(4-6-15)17(21)22/h3-6,11,13-14H,7-10,18H2,1-2H3,(H,21,22). The van der Waals surface area contributed by atoms with Crippen LogP contribution in [0.2, 0.25) is 0 Å². The Hall–Kier alpha value is -2.08. The molecule has 1 aliphatic heterocycles. The minimum atomic E-state index is -0.969. The number of rotatable bonds is 6. The molecule has 1 saturated heterocycles. The van der Waals surface area contributed by atoms with Crippen molar-refractivity contribution in [3.05, 3.63) is 29.8 Å². The summed E-state index contributed by atoms with van der Waals surface area (Å²) in [6.07, 6.45) is 1.23. The minimum absolute atomic E-state index is 0.0194. The van der Waals surface area contributed by atoms with Crippen LogP contribution in [-0.4, -0.2) is 47.1 Å². The lowest BCUT2D eigenvalue weighted by molar-refractivity contribution is -0.133. The van der Waals surface area contributed by atoms with Crippen LogP contribution in [-0.2, 0) is 4.79 Å². The van der Waals surface area contributed by atoms with Gasteiger partial charge in [0.15, 0.2) is 0 Å². The van der Waals surface area contributed by atoms with Crippen molar-refractivity contribution >= 4 is 11.9 Å². The Balaban J connectivity index is 1.94. The van der Waals surface area contributed by atoms with Gasteiger partial charge in [0.2, 0.25) is 5.91 Å². The molecule has 6 nitrogen and oxygen atoms in total. The second-order valence-corrected chi connectivity index (χ2v) is 6.43. The Bertz CT molecular complexity index is 556. The molecular formula is C17H24N2O4. The summed E-state index contributed by atoms with van der Waals surface area (Å²) >= 11 is 0. The lowest BCUT2D eigenvalue weighted by Gasteiger charge is -2.25. The highest BCUT2D eigenvalue weighted by atomic mass is 16.5. The molecule has 23 heavy (non-hydrogen) atoms. The number of benzene rings is 1. The molecule has 2 unspecified atom stereocenters. The number of carbonyl (C=O) groups is 2. The Labute approximate surface area is 136 Å². The second kappa shape index (κ2) is 7.46. The normalized spacial score (nSPS) is 20.8. The monoisotopic (exact) mass is 320 g/mol. The zero-order chi connectivity index (χ0) is 17.0. The molecule has 0 aliphatic carbocycles. The van der Waals surface area contributed by atoms with Gasteiger partial charge in [-0.05, 0) is 36.6 Å². The summed E-state index contributed by atoms with van der Waals surface area (Å²) in [5.41, 5.74) is 6.21. The molecule has 0 spiro atoms. The smallest absolute Gasteiger partial charge is 0.335 e. The third kappa shape index (κ3) is 4.69. The maximum atomic E-state index is 12.3. The molecule has 0 aromatic heterocycles. The number of amides is 1. The first-order valence-corrected chi connectivity index (χ1v) is 7.88. The zero-order valence-electron chi connectivity index (χ0n) is 13.6. The van der Waals surface area contributed by atoms with Gasteiger partial charge in [-0.2, -0.15) is 0 Å². The molecule has 0 bridgehead atoms. The molecule has 1 aromatic rings. The van der Waals surface area contributed by atoms with E-state index in [2.05, 4.69) is 0 Å². The van der Waals surface area contributed by atoms with Gasteiger partial charge >= 0.3 is 5.97 Å². The Kier molecular flexibility index (Phi) is 5.60. The number of aromatic carboxylic acids is 1. The molecule has 1 fully saturated rings. The van der Waals surface area contributed by atoms with Crippen molar-refractivity contribution in [1.29, 1.82) is 0 Å². The predicted octanol–water partition coefficient (Wildman–Crippen LogP) is 1.74. The summed E-state index contributed by atoms with van der Waals surface area (Å²) < 4.78 is 5.72. The number of carbonyl (C=O) groups excluding carboxylic acids is 1. The van der Waals surface area contributed by atoms with Crippen molar-refractivity contribution in [3.63, 3.8) is 0 Å². The van der Waals surface area contributed by atoms with Crippen molar-refractivity contribution in [2.75, 3.05) is 13.2 Å². The maximum absolute atomic E-state index is 12.3. The highest BCUT2D eigenvalue weighted by Gasteiger charge is 2.33. The van der Waals surface area contributed by atoms with Crippen LogP contribution in [0.3, 0.4) is 0 Å². The third-order valence-electron chi connectivity index (χ3n) is 3.89. The van der Waals surface area contributed by atoms with Crippen molar-refractivity contribution in [1.82, 2.24) is 4.90 Å². The average Bonchev–Trinajstić information content (AvgIpc) is 2.86. The van der Waals surface area contributed by atoms with Gasteiger partial charge in [-0.25, -0.2) is 4.79 Å². The molecular weight excluding hydrogens is 296 g/mol. The van der Waals surface area contributed by atoms with E-state index in [9.17, 15) is 9.59 Å². The lowest BCUT2D eigenvalue weighted by atomic mass is 10.1. The van der Waals surface area contributed by atoms with Gasteiger partial charge < -0.3 is 20.5 Å². The summed E-state index contributed by atoms with van der Waals surface area (Å²) in [4.78, 5) is 24.9. The number of nitrogens with zero attached hydrogens (tertiary/aromatic N) is 1. The number of carboxylic acid groups (broad SMARTS) is 1. The van der Waals surface area contributed by atoms with Gasteiger partial charge in [0.05, 0.1) is 11.6 Å². The fourth-order valence-corrected chi connectivity index (χ4v) is 2.77. The van der Waals surface area contributed by atoms with Gasteiger partial charge in [-0.1, -0.05) is 13.8 Å². The number of hydrogen-bond donors (Lipinski definition) is 2. The topological polar surface area (TPSA) is 92.9 Å². The van der Waals surface area contributed by atoms with E-state index in [-0.39, 0.29) is 23.6 Å². The van der Waals surface area contributed by atoms with Crippen LogP contribution in [0.25, 0.3) is 0 Å². The predicted molar refractivity (Wildman–Crippen MR) is 86.4 cm³/mol. The van der Waals surface area contributed by atoms with Gasteiger partial charge in [0.1, 0.15) is 12.4 Å². The number of likely N-dealkylation sites (tertiary alicyclic amines) is 1. The van der Waals surface area contributed by atoms with Crippen molar-refractivity contribution in [3.8, 4) is 5.75 Å².